The lowest BCUT2D eigenvalue weighted by Crippen LogP contribution is -2.10. The zero-order valence-electron chi connectivity index (χ0n) is 8.71. The van der Waals surface area contributed by atoms with Gasteiger partial charge < -0.3 is 4.74 Å². The third kappa shape index (κ3) is 2.88. The van der Waals surface area contributed by atoms with Gasteiger partial charge in [0.1, 0.15) is 11.8 Å². The minimum absolute atomic E-state index is 0.0952. The Hall–Kier alpha value is -1.74. The van der Waals surface area contributed by atoms with Gasteiger partial charge in [-0.1, -0.05) is 11.6 Å². The molecule has 0 amide bonds. The van der Waals surface area contributed by atoms with E-state index in [9.17, 15) is 13.6 Å². The van der Waals surface area contributed by atoms with Crippen molar-refractivity contribution in [2.45, 2.75) is 13.3 Å². The normalized spacial score (nSPS) is 10.1. The summed E-state index contributed by atoms with van der Waals surface area (Å²) in [6, 6.07) is 2.52. The largest absolute Gasteiger partial charge is 0.462 e. The van der Waals surface area contributed by atoms with Gasteiger partial charge in [-0.3, -0.25) is 0 Å². The molecule has 1 aromatic rings. The van der Waals surface area contributed by atoms with Crippen molar-refractivity contribution >= 4 is 17.6 Å². The van der Waals surface area contributed by atoms with Crippen LogP contribution in [0.25, 0.3) is 0 Å². The van der Waals surface area contributed by atoms with Crippen LogP contribution in [0, 0.1) is 11.3 Å². The first-order chi connectivity index (χ1) is 8.01. The maximum absolute atomic E-state index is 12.5. The number of aromatic nitrogens is 1. The van der Waals surface area contributed by atoms with Gasteiger partial charge in [0.05, 0.1) is 17.2 Å². The predicted molar refractivity (Wildman–Crippen MR) is 54.9 cm³/mol. The van der Waals surface area contributed by atoms with Crippen molar-refractivity contribution in [2.24, 2.45) is 0 Å². The Morgan fingerprint density at radius 2 is 2.35 bits per heavy atom. The molecule has 0 spiro atoms. The van der Waals surface area contributed by atoms with E-state index in [2.05, 4.69) is 9.72 Å². The van der Waals surface area contributed by atoms with E-state index in [1.807, 2.05) is 0 Å². The van der Waals surface area contributed by atoms with Gasteiger partial charge >= 0.3 is 5.97 Å². The van der Waals surface area contributed by atoms with Crippen molar-refractivity contribution < 1.29 is 18.3 Å². The number of hydrogen-bond acceptors (Lipinski definition) is 4. The molecule has 0 aliphatic heterocycles. The van der Waals surface area contributed by atoms with Gasteiger partial charge in [-0.15, -0.1) is 0 Å². The topological polar surface area (TPSA) is 63.0 Å². The highest BCUT2D eigenvalue weighted by Gasteiger charge is 2.21. The molecule has 0 N–H and O–H groups in total. The molecule has 7 heteroatoms. The fourth-order valence-electron chi connectivity index (χ4n) is 1.11. The summed E-state index contributed by atoms with van der Waals surface area (Å²) in [5.41, 5.74) is -1.37. The average Bonchev–Trinajstić information content (AvgIpc) is 2.28. The second-order valence-electron chi connectivity index (χ2n) is 2.88. The van der Waals surface area contributed by atoms with E-state index in [1.54, 1.807) is 13.0 Å². The standard InChI is InChI=1S/C10H7ClF2N2O2/c1-2-17-10(16)5-3-6(11)8(9(12)13)15-7(5)4-14/h3,9H,2H2,1H3. The fraction of sp³-hybridized carbons (Fsp3) is 0.300. The SMILES string of the molecule is CCOC(=O)c1cc(Cl)c(C(F)F)nc1C#N. The van der Waals surface area contributed by atoms with E-state index in [4.69, 9.17) is 16.9 Å². The predicted octanol–water partition coefficient (Wildman–Crippen LogP) is 2.72. The summed E-state index contributed by atoms with van der Waals surface area (Å²) < 4.78 is 29.6. The van der Waals surface area contributed by atoms with Gasteiger partial charge in [0.2, 0.25) is 0 Å². The molecule has 0 fully saturated rings. The minimum Gasteiger partial charge on any atom is -0.462 e. The summed E-state index contributed by atoms with van der Waals surface area (Å²) in [5, 5.41) is 8.35. The van der Waals surface area contributed by atoms with Crippen LogP contribution in [0.5, 0.6) is 0 Å². The highest BCUT2D eigenvalue weighted by atomic mass is 35.5. The monoisotopic (exact) mass is 260 g/mol. The molecule has 0 aromatic carbocycles. The Morgan fingerprint density at radius 3 is 2.82 bits per heavy atom. The van der Waals surface area contributed by atoms with Gasteiger partial charge in [-0.2, -0.15) is 5.26 Å². The summed E-state index contributed by atoms with van der Waals surface area (Å²) in [6.07, 6.45) is -2.91. The second-order valence-corrected chi connectivity index (χ2v) is 3.29. The number of nitrogens with zero attached hydrogens (tertiary/aromatic N) is 2. The Balaban J connectivity index is 3.30. The molecular formula is C10H7ClF2N2O2. The number of carbonyl (C=O) groups is 1. The lowest BCUT2D eigenvalue weighted by molar-refractivity contribution is 0.0525. The van der Waals surface area contributed by atoms with Gasteiger partial charge in [0.25, 0.3) is 6.43 Å². The number of nitriles is 1. The van der Waals surface area contributed by atoms with Crippen LogP contribution in [-0.4, -0.2) is 17.6 Å². The number of ether oxygens (including phenoxy) is 1. The summed E-state index contributed by atoms with van der Waals surface area (Å²) in [5.74, 6) is -0.820. The number of rotatable bonds is 3. The van der Waals surface area contributed by atoms with Crippen molar-refractivity contribution in [3.05, 3.63) is 28.0 Å². The van der Waals surface area contributed by atoms with Crippen molar-refractivity contribution in [1.82, 2.24) is 4.98 Å². The van der Waals surface area contributed by atoms with E-state index >= 15 is 0 Å². The van der Waals surface area contributed by atoms with Gasteiger partial charge in [0.15, 0.2) is 5.69 Å². The molecule has 1 rings (SSSR count). The molecule has 0 saturated carbocycles. The van der Waals surface area contributed by atoms with Crippen LogP contribution in [0.15, 0.2) is 6.07 Å². The zero-order valence-corrected chi connectivity index (χ0v) is 9.46. The molecule has 0 atom stereocenters. The summed E-state index contributed by atoms with van der Waals surface area (Å²) in [7, 11) is 0. The number of halogens is 3. The minimum atomic E-state index is -2.91. The molecule has 0 aliphatic carbocycles. The lowest BCUT2D eigenvalue weighted by atomic mass is 10.2. The molecule has 17 heavy (non-hydrogen) atoms. The summed E-state index contributed by atoms with van der Waals surface area (Å²) in [6.45, 7) is 1.67. The maximum Gasteiger partial charge on any atom is 0.341 e. The van der Waals surface area contributed by atoms with Gasteiger partial charge in [-0.05, 0) is 13.0 Å². The first kappa shape index (κ1) is 13.3. The van der Waals surface area contributed by atoms with Gasteiger partial charge in [0, 0.05) is 0 Å². The molecule has 1 heterocycles. The highest BCUT2D eigenvalue weighted by molar-refractivity contribution is 6.31. The summed E-state index contributed by atoms with van der Waals surface area (Å²) >= 11 is 5.54. The smallest absolute Gasteiger partial charge is 0.341 e. The molecular weight excluding hydrogens is 254 g/mol. The van der Waals surface area contributed by atoms with Crippen LogP contribution in [0.2, 0.25) is 5.02 Å². The molecule has 0 unspecified atom stereocenters. The number of alkyl halides is 2. The van der Waals surface area contributed by atoms with Gasteiger partial charge in [-0.25, -0.2) is 18.6 Å². The summed E-state index contributed by atoms with van der Waals surface area (Å²) in [4.78, 5) is 14.7. The Kier molecular flexibility index (Phi) is 4.35. The van der Waals surface area contributed by atoms with Crippen LogP contribution in [0.3, 0.4) is 0 Å². The second kappa shape index (κ2) is 5.55. The van der Waals surface area contributed by atoms with Crippen molar-refractivity contribution in [2.75, 3.05) is 6.61 Å². The van der Waals surface area contributed by atoms with Crippen LogP contribution < -0.4 is 0 Å². The van der Waals surface area contributed by atoms with E-state index in [1.165, 1.54) is 0 Å². The number of pyridine rings is 1. The van der Waals surface area contributed by atoms with E-state index in [0.717, 1.165) is 6.07 Å². The van der Waals surface area contributed by atoms with Crippen LogP contribution in [0.1, 0.15) is 35.1 Å². The third-order valence-electron chi connectivity index (χ3n) is 1.81. The number of esters is 1. The van der Waals surface area contributed by atoms with Crippen LogP contribution >= 0.6 is 11.6 Å². The Labute approximate surface area is 101 Å². The number of carbonyl (C=O) groups excluding carboxylic acids is 1. The first-order valence-electron chi connectivity index (χ1n) is 4.57. The quantitative estimate of drug-likeness (QED) is 0.784. The molecule has 1 aromatic heterocycles. The molecule has 4 nitrogen and oxygen atoms in total. The fourth-order valence-corrected chi connectivity index (χ4v) is 1.34. The van der Waals surface area contributed by atoms with Crippen LogP contribution in [-0.2, 0) is 4.74 Å². The van der Waals surface area contributed by atoms with Crippen molar-refractivity contribution in [3.8, 4) is 6.07 Å². The van der Waals surface area contributed by atoms with Crippen molar-refractivity contribution in [1.29, 1.82) is 5.26 Å². The number of hydrogen-bond donors (Lipinski definition) is 0. The highest BCUT2D eigenvalue weighted by Crippen LogP contribution is 2.27. The molecule has 0 saturated heterocycles. The van der Waals surface area contributed by atoms with E-state index < -0.39 is 23.8 Å². The molecule has 90 valence electrons. The molecule has 0 aliphatic rings. The van der Waals surface area contributed by atoms with E-state index in [-0.39, 0.29) is 17.2 Å². The average molecular weight is 261 g/mol. The zero-order chi connectivity index (χ0) is 13.0. The Bertz CT molecular complexity index is 486. The first-order valence-corrected chi connectivity index (χ1v) is 4.94. The third-order valence-corrected chi connectivity index (χ3v) is 2.11. The van der Waals surface area contributed by atoms with Crippen molar-refractivity contribution in [3.63, 3.8) is 0 Å². The van der Waals surface area contributed by atoms with Crippen LogP contribution in [0.4, 0.5) is 8.78 Å². The van der Waals surface area contributed by atoms with E-state index in [0.29, 0.717) is 0 Å². The molecule has 0 radical (unpaired) electrons. The Morgan fingerprint density at radius 1 is 1.71 bits per heavy atom. The maximum atomic E-state index is 12.5. The molecule has 0 bridgehead atoms. The lowest BCUT2D eigenvalue weighted by Gasteiger charge is -2.07.